The van der Waals surface area contributed by atoms with Crippen LogP contribution < -0.4 is 20.6 Å². The van der Waals surface area contributed by atoms with Crippen LogP contribution in [0.4, 0.5) is 11.4 Å². The molecule has 0 aliphatic rings. The van der Waals surface area contributed by atoms with Gasteiger partial charge in [0.2, 0.25) is 5.91 Å². The molecule has 0 radical (unpaired) electrons. The van der Waals surface area contributed by atoms with Crippen LogP contribution in [0.3, 0.4) is 0 Å². The van der Waals surface area contributed by atoms with Crippen LogP contribution in [0.2, 0.25) is 0 Å². The Morgan fingerprint density at radius 3 is 2.58 bits per heavy atom. The van der Waals surface area contributed by atoms with E-state index in [4.69, 9.17) is 0 Å². The number of rotatable bonds is 8. The second-order valence-electron chi connectivity index (χ2n) is 6.35. The molecule has 0 saturated heterocycles. The maximum atomic E-state index is 12.6. The smallest absolute Gasteiger partial charge is 0.271 e. The van der Waals surface area contributed by atoms with Crippen molar-refractivity contribution in [3.63, 3.8) is 0 Å². The summed E-state index contributed by atoms with van der Waals surface area (Å²) >= 11 is 1.07. The number of hydrogen-bond acceptors (Lipinski definition) is 7. The lowest BCUT2D eigenvalue weighted by molar-refractivity contribution is -0.213. The topological polar surface area (TPSA) is 123 Å². The number of benzene rings is 2. The van der Waals surface area contributed by atoms with Crippen LogP contribution in [0.25, 0.3) is 5.70 Å². The normalized spacial score (nSPS) is 11.6. The SMILES string of the molecule is C=C(NN=C([O-])c1ccccc1NS(=O)(=O)c1cccs1)c1cccc(NC(C)=O)c1. The molecule has 1 aromatic heterocycles. The standard InChI is InChI=1S/C21H20N4O4S2/c1-14(16-7-5-8-17(13-16)22-15(2)26)23-24-21(27)18-9-3-4-10-19(18)25-31(28,29)20-11-6-12-30-20/h3-13,23,25H,1H2,2H3,(H,22,26)(H,24,27)/p-1. The minimum absolute atomic E-state index is 0.0786. The van der Waals surface area contributed by atoms with E-state index in [2.05, 4.69) is 27.1 Å². The van der Waals surface area contributed by atoms with Gasteiger partial charge in [0.25, 0.3) is 10.0 Å². The van der Waals surface area contributed by atoms with Gasteiger partial charge in [0.05, 0.1) is 11.4 Å². The largest absolute Gasteiger partial charge is 0.857 e. The highest BCUT2D eigenvalue weighted by Crippen LogP contribution is 2.23. The molecule has 10 heteroatoms. The first kappa shape index (κ1) is 22.1. The predicted molar refractivity (Wildman–Crippen MR) is 121 cm³/mol. The monoisotopic (exact) mass is 455 g/mol. The number of nitrogens with zero attached hydrogens (tertiary/aromatic N) is 1. The van der Waals surface area contributed by atoms with Gasteiger partial charge in [-0.05, 0) is 29.6 Å². The molecule has 0 saturated carbocycles. The Kier molecular flexibility index (Phi) is 6.73. The molecule has 0 spiro atoms. The van der Waals surface area contributed by atoms with E-state index in [-0.39, 0.29) is 21.4 Å². The average molecular weight is 456 g/mol. The number of para-hydroxylation sites is 1. The zero-order chi connectivity index (χ0) is 22.4. The van der Waals surface area contributed by atoms with E-state index in [1.165, 1.54) is 25.1 Å². The van der Waals surface area contributed by atoms with Crippen molar-refractivity contribution in [2.24, 2.45) is 5.10 Å². The van der Waals surface area contributed by atoms with Crippen molar-refractivity contribution in [2.75, 3.05) is 10.0 Å². The van der Waals surface area contributed by atoms with Crippen LogP contribution in [-0.4, -0.2) is 20.2 Å². The molecule has 0 bridgehead atoms. The lowest BCUT2D eigenvalue weighted by atomic mass is 10.1. The number of carbonyl (C=O) groups is 1. The number of nitrogens with one attached hydrogen (secondary N) is 3. The van der Waals surface area contributed by atoms with Crippen molar-refractivity contribution < 1.29 is 18.3 Å². The van der Waals surface area contributed by atoms with Crippen LogP contribution in [-0.2, 0) is 14.8 Å². The molecule has 1 amide bonds. The van der Waals surface area contributed by atoms with E-state index in [0.717, 1.165) is 11.3 Å². The van der Waals surface area contributed by atoms with Crippen LogP contribution in [0.5, 0.6) is 0 Å². The van der Waals surface area contributed by atoms with Crippen molar-refractivity contribution in [2.45, 2.75) is 11.1 Å². The summed E-state index contributed by atoms with van der Waals surface area (Å²) in [5.41, 5.74) is 4.31. The molecule has 3 rings (SSSR count). The summed E-state index contributed by atoms with van der Waals surface area (Å²) in [6.45, 7) is 5.25. The maximum absolute atomic E-state index is 12.6. The molecule has 0 atom stereocenters. The molecule has 31 heavy (non-hydrogen) atoms. The summed E-state index contributed by atoms with van der Waals surface area (Å²) in [5.74, 6) is -0.888. The fourth-order valence-corrected chi connectivity index (χ4v) is 4.67. The Bertz CT molecular complexity index is 1240. The van der Waals surface area contributed by atoms with Gasteiger partial charge in [-0.1, -0.05) is 43.0 Å². The first-order valence-electron chi connectivity index (χ1n) is 8.99. The molecule has 1 heterocycles. The molecule has 0 unspecified atom stereocenters. The van der Waals surface area contributed by atoms with Crippen LogP contribution >= 0.6 is 11.3 Å². The molecule has 160 valence electrons. The van der Waals surface area contributed by atoms with E-state index in [0.29, 0.717) is 16.9 Å². The lowest BCUT2D eigenvalue weighted by Gasteiger charge is -2.17. The highest BCUT2D eigenvalue weighted by atomic mass is 32.2. The van der Waals surface area contributed by atoms with Crippen LogP contribution in [0, 0.1) is 0 Å². The van der Waals surface area contributed by atoms with Crippen molar-refractivity contribution in [1.29, 1.82) is 0 Å². The van der Waals surface area contributed by atoms with Gasteiger partial charge in [-0.15, -0.1) is 11.3 Å². The second kappa shape index (κ2) is 9.45. The van der Waals surface area contributed by atoms with Gasteiger partial charge in [-0.2, -0.15) is 5.10 Å². The third-order valence-corrected chi connectivity index (χ3v) is 6.75. The summed E-state index contributed by atoms with van der Waals surface area (Å²) < 4.78 is 27.6. The third kappa shape index (κ3) is 5.71. The average Bonchev–Trinajstić information content (AvgIpc) is 3.27. The quantitative estimate of drug-likeness (QED) is 0.274. The zero-order valence-corrected chi connectivity index (χ0v) is 18.1. The summed E-state index contributed by atoms with van der Waals surface area (Å²) in [6, 6.07) is 16.1. The van der Waals surface area contributed by atoms with E-state index in [1.807, 2.05) is 0 Å². The molecule has 0 aliphatic carbocycles. The Balaban J connectivity index is 1.78. The molecule has 0 aliphatic heterocycles. The van der Waals surface area contributed by atoms with Crippen LogP contribution in [0.1, 0.15) is 18.1 Å². The fourth-order valence-electron chi connectivity index (χ4n) is 2.60. The third-order valence-electron chi connectivity index (χ3n) is 3.99. The first-order chi connectivity index (χ1) is 14.8. The molecular weight excluding hydrogens is 436 g/mol. The van der Waals surface area contributed by atoms with Gasteiger partial charge < -0.3 is 10.4 Å². The van der Waals surface area contributed by atoms with Gasteiger partial charge in [0, 0.05) is 29.6 Å². The van der Waals surface area contributed by atoms with Crippen molar-refractivity contribution in [1.82, 2.24) is 5.43 Å². The maximum Gasteiger partial charge on any atom is 0.271 e. The molecule has 0 fully saturated rings. The minimum atomic E-state index is -3.81. The Morgan fingerprint density at radius 1 is 1.10 bits per heavy atom. The van der Waals surface area contributed by atoms with E-state index in [1.54, 1.807) is 47.8 Å². The summed E-state index contributed by atoms with van der Waals surface area (Å²) in [7, 11) is -3.81. The number of hydrazone groups is 1. The Morgan fingerprint density at radius 2 is 1.87 bits per heavy atom. The van der Waals surface area contributed by atoms with E-state index in [9.17, 15) is 18.3 Å². The van der Waals surface area contributed by atoms with Crippen LogP contribution in [0.15, 0.2) is 81.9 Å². The predicted octanol–water partition coefficient (Wildman–Crippen LogP) is 2.79. The fraction of sp³-hybridized carbons (Fsp3) is 0.0476. The number of sulfonamides is 1. The summed E-state index contributed by atoms with van der Waals surface area (Å²) in [5, 5.41) is 20.7. The van der Waals surface area contributed by atoms with Crippen molar-refractivity contribution in [3.05, 3.63) is 83.7 Å². The number of anilines is 2. The number of carbonyl (C=O) groups excluding carboxylic acids is 1. The molecule has 2 aromatic carbocycles. The van der Waals surface area contributed by atoms with E-state index < -0.39 is 15.9 Å². The lowest BCUT2D eigenvalue weighted by Crippen LogP contribution is -2.25. The first-order valence-corrected chi connectivity index (χ1v) is 11.4. The molecular formula is C21H19N4O4S2-. The van der Waals surface area contributed by atoms with Gasteiger partial charge in [-0.3, -0.25) is 14.9 Å². The highest BCUT2D eigenvalue weighted by Gasteiger charge is 2.16. The molecule has 3 aromatic rings. The number of thiophene rings is 1. The highest BCUT2D eigenvalue weighted by molar-refractivity contribution is 7.94. The van der Waals surface area contributed by atoms with Gasteiger partial charge in [-0.25, -0.2) is 8.42 Å². The van der Waals surface area contributed by atoms with Gasteiger partial charge >= 0.3 is 0 Å². The van der Waals surface area contributed by atoms with Gasteiger partial charge in [0.15, 0.2) is 0 Å². The second-order valence-corrected chi connectivity index (χ2v) is 9.21. The Labute approximate surface area is 184 Å². The summed E-state index contributed by atoms with van der Waals surface area (Å²) in [4.78, 5) is 11.2. The van der Waals surface area contributed by atoms with Crippen molar-refractivity contribution in [3.8, 4) is 0 Å². The Hall–Kier alpha value is -3.63. The van der Waals surface area contributed by atoms with Gasteiger partial charge in [0.1, 0.15) is 4.21 Å². The summed E-state index contributed by atoms with van der Waals surface area (Å²) in [6.07, 6.45) is 0. The zero-order valence-electron chi connectivity index (χ0n) is 16.5. The number of hydrogen-bond donors (Lipinski definition) is 3. The number of amides is 1. The minimum Gasteiger partial charge on any atom is -0.857 e. The van der Waals surface area contributed by atoms with Crippen molar-refractivity contribution >= 4 is 50.2 Å². The molecule has 3 N–H and O–H groups in total. The molecule has 8 nitrogen and oxygen atoms in total. The van der Waals surface area contributed by atoms with E-state index >= 15 is 0 Å².